The van der Waals surface area contributed by atoms with Crippen LogP contribution in [0, 0.1) is 5.92 Å². The van der Waals surface area contributed by atoms with Crippen molar-refractivity contribution in [2.24, 2.45) is 5.92 Å². The van der Waals surface area contributed by atoms with Gasteiger partial charge in [0.05, 0.1) is 0 Å². The van der Waals surface area contributed by atoms with Gasteiger partial charge in [0.2, 0.25) is 0 Å². The van der Waals surface area contributed by atoms with E-state index in [1.165, 1.54) is 0 Å². The highest BCUT2D eigenvalue weighted by atomic mass is 16.6. The third-order valence-corrected chi connectivity index (χ3v) is 3.19. The minimum absolute atomic E-state index is 0.173. The second kappa shape index (κ2) is 6.78. The number of ether oxygens (including phenoxy) is 1. The molecule has 0 aliphatic carbocycles. The zero-order valence-electron chi connectivity index (χ0n) is 12.1. The van der Waals surface area contributed by atoms with Gasteiger partial charge in [0.15, 0.2) is 0 Å². The van der Waals surface area contributed by atoms with Gasteiger partial charge in [0.25, 0.3) is 0 Å². The van der Waals surface area contributed by atoms with Crippen molar-refractivity contribution in [3.63, 3.8) is 0 Å². The summed E-state index contributed by atoms with van der Waals surface area (Å²) in [5.74, 6) is -0.501. The second-order valence-corrected chi connectivity index (χ2v) is 6.22. The van der Waals surface area contributed by atoms with Crippen LogP contribution in [0.25, 0.3) is 0 Å². The largest absolute Gasteiger partial charge is 0.481 e. The number of carbonyl (C=O) groups is 2. The molecule has 110 valence electrons. The van der Waals surface area contributed by atoms with E-state index in [2.05, 4.69) is 0 Å². The molecule has 1 unspecified atom stereocenters. The van der Waals surface area contributed by atoms with Gasteiger partial charge in [0.1, 0.15) is 5.60 Å². The summed E-state index contributed by atoms with van der Waals surface area (Å²) < 4.78 is 5.38. The molecule has 1 aliphatic heterocycles. The molecule has 1 fully saturated rings. The van der Waals surface area contributed by atoms with Crippen LogP contribution in [-0.4, -0.2) is 40.8 Å². The molecule has 0 aromatic rings. The number of carboxylic acid groups (broad SMARTS) is 1. The van der Waals surface area contributed by atoms with E-state index in [1.54, 1.807) is 4.90 Å². The summed E-state index contributed by atoms with van der Waals surface area (Å²) in [5, 5.41) is 8.74. The zero-order chi connectivity index (χ0) is 14.5. The Kier molecular flexibility index (Phi) is 5.63. The predicted molar refractivity (Wildman–Crippen MR) is 72.0 cm³/mol. The Morgan fingerprint density at radius 2 is 2.00 bits per heavy atom. The number of amides is 1. The lowest BCUT2D eigenvalue weighted by Gasteiger charge is -2.28. The molecular weight excluding hydrogens is 246 g/mol. The van der Waals surface area contributed by atoms with Crippen molar-refractivity contribution in [2.45, 2.75) is 58.5 Å². The maximum Gasteiger partial charge on any atom is 0.410 e. The number of rotatable bonds is 3. The van der Waals surface area contributed by atoms with Gasteiger partial charge in [-0.05, 0) is 46.0 Å². The molecular formula is C14H25NO4. The molecule has 1 heterocycles. The van der Waals surface area contributed by atoms with Crippen molar-refractivity contribution in [2.75, 3.05) is 13.1 Å². The number of hydrogen-bond acceptors (Lipinski definition) is 3. The average molecular weight is 271 g/mol. The van der Waals surface area contributed by atoms with Gasteiger partial charge in [-0.2, -0.15) is 0 Å². The Balaban J connectivity index is 2.52. The van der Waals surface area contributed by atoms with E-state index in [1.807, 2.05) is 20.8 Å². The first-order chi connectivity index (χ1) is 8.78. The highest BCUT2D eigenvalue weighted by molar-refractivity contribution is 5.68. The standard InChI is InChI=1S/C14H25NO4/c1-14(2,3)19-13(18)15-9-5-4-6-11(10-15)7-8-12(16)17/h11H,4-10H2,1-3H3,(H,16,17). The van der Waals surface area contributed by atoms with Gasteiger partial charge < -0.3 is 14.7 Å². The van der Waals surface area contributed by atoms with Crippen molar-refractivity contribution < 1.29 is 19.4 Å². The van der Waals surface area contributed by atoms with Crippen molar-refractivity contribution in [3.8, 4) is 0 Å². The zero-order valence-corrected chi connectivity index (χ0v) is 12.1. The number of carboxylic acids is 1. The van der Waals surface area contributed by atoms with Crippen LogP contribution in [0.5, 0.6) is 0 Å². The number of nitrogens with zero attached hydrogens (tertiary/aromatic N) is 1. The lowest BCUT2D eigenvalue weighted by Crippen LogP contribution is -2.39. The van der Waals surface area contributed by atoms with Crippen molar-refractivity contribution in [3.05, 3.63) is 0 Å². The quantitative estimate of drug-likeness (QED) is 0.857. The number of hydrogen-bond donors (Lipinski definition) is 1. The van der Waals surface area contributed by atoms with Crippen LogP contribution < -0.4 is 0 Å². The fourth-order valence-corrected chi connectivity index (χ4v) is 2.29. The predicted octanol–water partition coefficient (Wildman–Crippen LogP) is 2.89. The van der Waals surface area contributed by atoms with Crippen LogP contribution in [0.1, 0.15) is 52.9 Å². The summed E-state index contributed by atoms with van der Waals surface area (Å²) in [6.45, 7) is 6.88. The first-order valence-corrected chi connectivity index (χ1v) is 6.97. The van der Waals surface area contributed by atoms with Gasteiger partial charge in [-0.1, -0.05) is 6.42 Å². The first-order valence-electron chi connectivity index (χ1n) is 6.97. The summed E-state index contributed by atoms with van der Waals surface area (Å²) in [4.78, 5) is 24.4. The lowest BCUT2D eigenvalue weighted by molar-refractivity contribution is -0.137. The summed E-state index contributed by atoms with van der Waals surface area (Å²) in [6, 6.07) is 0. The topological polar surface area (TPSA) is 66.8 Å². The van der Waals surface area contributed by atoms with Crippen molar-refractivity contribution in [1.82, 2.24) is 4.90 Å². The monoisotopic (exact) mass is 271 g/mol. The van der Waals surface area contributed by atoms with Crippen LogP contribution in [0.15, 0.2) is 0 Å². The van der Waals surface area contributed by atoms with E-state index in [-0.39, 0.29) is 18.4 Å². The molecule has 1 amide bonds. The van der Waals surface area contributed by atoms with E-state index in [4.69, 9.17) is 9.84 Å². The molecule has 1 saturated heterocycles. The van der Waals surface area contributed by atoms with E-state index in [0.717, 1.165) is 19.3 Å². The second-order valence-electron chi connectivity index (χ2n) is 6.22. The van der Waals surface area contributed by atoms with E-state index >= 15 is 0 Å². The molecule has 19 heavy (non-hydrogen) atoms. The van der Waals surface area contributed by atoms with Crippen LogP contribution in [0.4, 0.5) is 4.79 Å². The molecule has 1 aliphatic rings. The third kappa shape index (κ3) is 6.45. The Hall–Kier alpha value is -1.26. The summed E-state index contributed by atoms with van der Waals surface area (Å²) >= 11 is 0. The minimum atomic E-state index is -0.770. The van der Waals surface area contributed by atoms with Crippen LogP contribution in [0.3, 0.4) is 0 Å². The molecule has 0 radical (unpaired) electrons. The third-order valence-electron chi connectivity index (χ3n) is 3.19. The Morgan fingerprint density at radius 3 is 2.58 bits per heavy atom. The Morgan fingerprint density at radius 1 is 1.32 bits per heavy atom. The molecule has 0 bridgehead atoms. The molecule has 1 rings (SSSR count). The Bertz CT molecular complexity index is 322. The van der Waals surface area contributed by atoms with Gasteiger partial charge in [0, 0.05) is 19.5 Å². The maximum absolute atomic E-state index is 12.0. The maximum atomic E-state index is 12.0. The molecule has 0 saturated carbocycles. The van der Waals surface area contributed by atoms with Crippen molar-refractivity contribution >= 4 is 12.1 Å². The van der Waals surface area contributed by atoms with E-state index in [9.17, 15) is 9.59 Å². The fraction of sp³-hybridized carbons (Fsp3) is 0.857. The van der Waals surface area contributed by atoms with E-state index < -0.39 is 11.6 Å². The van der Waals surface area contributed by atoms with Gasteiger partial charge in [-0.3, -0.25) is 4.79 Å². The van der Waals surface area contributed by atoms with Gasteiger partial charge >= 0.3 is 12.1 Å². The SMILES string of the molecule is CC(C)(C)OC(=O)N1CCCCC(CCC(=O)O)C1. The number of carbonyl (C=O) groups excluding carboxylic acids is 1. The van der Waals surface area contributed by atoms with Crippen molar-refractivity contribution in [1.29, 1.82) is 0 Å². The molecule has 0 aromatic heterocycles. The molecule has 5 nitrogen and oxygen atoms in total. The molecule has 1 N–H and O–H groups in total. The fourth-order valence-electron chi connectivity index (χ4n) is 2.29. The molecule has 5 heteroatoms. The number of aliphatic carboxylic acids is 1. The highest BCUT2D eigenvalue weighted by Crippen LogP contribution is 2.22. The molecule has 0 spiro atoms. The summed E-state index contributed by atoms with van der Waals surface area (Å²) in [7, 11) is 0. The minimum Gasteiger partial charge on any atom is -0.481 e. The molecule has 1 atom stereocenters. The highest BCUT2D eigenvalue weighted by Gasteiger charge is 2.26. The van der Waals surface area contributed by atoms with E-state index in [0.29, 0.717) is 19.5 Å². The average Bonchev–Trinajstić information content (AvgIpc) is 2.49. The normalized spacial score (nSPS) is 20.8. The lowest BCUT2D eigenvalue weighted by atomic mass is 9.98. The summed E-state index contributed by atoms with van der Waals surface area (Å²) in [6.07, 6.45) is 3.52. The Labute approximate surface area is 114 Å². The number of likely N-dealkylation sites (tertiary alicyclic amines) is 1. The van der Waals surface area contributed by atoms with Crippen LogP contribution in [0.2, 0.25) is 0 Å². The van der Waals surface area contributed by atoms with Crippen LogP contribution in [-0.2, 0) is 9.53 Å². The first kappa shape index (κ1) is 15.8. The molecule has 0 aromatic carbocycles. The smallest absolute Gasteiger partial charge is 0.410 e. The van der Waals surface area contributed by atoms with Gasteiger partial charge in [-0.15, -0.1) is 0 Å². The van der Waals surface area contributed by atoms with Gasteiger partial charge in [-0.25, -0.2) is 4.79 Å². The van der Waals surface area contributed by atoms with Crippen LogP contribution >= 0.6 is 0 Å². The summed E-state index contributed by atoms with van der Waals surface area (Å²) in [5.41, 5.74) is -0.486.